The highest BCUT2D eigenvalue weighted by molar-refractivity contribution is 7.99. The molecule has 3 N–H and O–H groups in total. The molecular weight excluding hydrogens is 454 g/mol. The number of hydrogen-bond donors (Lipinski definition) is 3. The standard InChI is InChI=1S/C21H22ClN5O4S/c1-27-19(17(11-28)24-20(30)13-7-9-14(31-2)10-8-13)25-26-21(27)32-12-18(29)23-16-6-4-3-5-15(16)22/h3-10,17,28H,11-12H2,1-2H3,(H,23,29)(H,24,30). The van der Waals surface area contributed by atoms with E-state index in [1.54, 1.807) is 67.3 Å². The summed E-state index contributed by atoms with van der Waals surface area (Å²) in [4.78, 5) is 24.8. The molecule has 11 heteroatoms. The maximum Gasteiger partial charge on any atom is 0.251 e. The number of aliphatic hydroxyl groups excluding tert-OH is 1. The number of para-hydroxylation sites is 1. The molecule has 0 fully saturated rings. The van der Waals surface area contributed by atoms with Crippen LogP contribution in [0.15, 0.2) is 53.7 Å². The van der Waals surface area contributed by atoms with Gasteiger partial charge in [0.15, 0.2) is 11.0 Å². The zero-order valence-corrected chi connectivity index (χ0v) is 19.0. The molecule has 32 heavy (non-hydrogen) atoms. The van der Waals surface area contributed by atoms with Crippen molar-refractivity contribution in [2.45, 2.75) is 11.2 Å². The van der Waals surface area contributed by atoms with Gasteiger partial charge in [0.2, 0.25) is 5.91 Å². The van der Waals surface area contributed by atoms with E-state index in [1.807, 2.05) is 0 Å². The molecule has 1 atom stereocenters. The van der Waals surface area contributed by atoms with E-state index < -0.39 is 6.04 Å². The van der Waals surface area contributed by atoms with E-state index in [-0.39, 0.29) is 24.2 Å². The minimum absolute atomic E-state index is 0.0825. The van der Waals surface area contributed by atoms with Gasteiger partial charge in [0.05, 0.1) is 30.2 Å². The van der Waals surface area contributed by atoms with E-state index in [9.17, 15) is 14.7 Å². The number of thioether (sulfide) groups is 1. The highest BCUT2D eigenvalue weighted by Crippen LogP contribution is 2.23. The smallest absolute Gasteiger partial charge is 0.251 e. The number of methoxy groups -OCH3 is 1. The molecule has 0 aliphatic rings. The number of hydrogen-bond acceptors (Lipinski definition) is 7. The van der Waals surface area contributed by atoms with Crippen molar-refractivity contribution < 1.29 is 19.4 Å². The molecule has 1 heterocycles. The molecule has 0 saturated carbocycles. The summed E-state index contributed by atoms with van der Waals surface area (Å²) in [6.07, 6.45) is 0. The highest BCUT2D eigenvalue weighted by Gasteiger charge is 2.22. The third-order valence-electron chi connectivity index (χ3n) is 4.50. The van der Waals surface area contributed by atoms with Crippen LogP contribution >= 0.6 is 23.4 Å². The van der Waals surface area contributed by atoms with Gasteiger partial charge in [-0.3, -0.25) is 9.59 Å². The number of nitrogens with zero attached hydrogens (tertiary/aromatic N) is 3. The van der Waals surface area contributed by atoms with Gasteiger partial charge in [0, 0.05) is 12.6 Å². The summed E-state index contributed by atoms with van der Waals surface area (Å²) >= 11 is 7.23. The maximum atomic E-state index is 12.5. The number of anilines is 1. The van der Waals surface area contributed by atoms with E-state index in [0.29, 0.717) is 33.0 Å². The Hall–Kier alpha value is -3.08. The van der Waals surface area contributed by atoms with E-state index in [2.05, 4.69) is 20.8 Å². The molecule has 1 aromatic heterocycles. The number of amides is 2. The Balaban J connectivity index is 1.62. The number of carbonyl (C=O) groups excluding carboxylic acids is 2. The van der Waals surface area contributed by atoms with Gasteiger partial charge in [-0.2, -0.15) is 0 Å². The van der Waals surface area contributed by atoms with Gasteiger partial charge in [-0.25, -0.2) is 0 Å². The molecule has 3 rings (SSSR count). The first-order chi connectivity index (χ1) is 15.4. The van der Waals surface area contributed by atoms with Crippen LogP contribution in [0.2, 0.25) is 5.02 Å². The Morgan fingerprint density at radius 2 is 1.91 bits per heavy atom. The van der Waals surface area contributed by atoms with Crippen LogP contribution in [0.1, 0.15) is 22.2 Å². The quantitative estimate of drug-likeness (QED) is 0.407. The fraction of sp³-hybridized carbons (Fsp3) is 0.238. The molecule has 2 amide bonds. The van der Waals surface area contributed by atoms with Crippen molar-refractivity contribution in [1.82, 2.24) is 20.1 Å². The zero-order valence-electron chi connectivity index (χ0n) is 17.4. The summed E-state index contributed by atoms with van der Waals surface area (Å²) in [5.41, 5.74) is 0.942. The zero-order chi connectivity index (χ0) is 23.1. The van der Waals surface area contributed by atoms with Crippen molar-refractivity contribution >= 4 is 40.9 Å². The van der Waals surface area contributed by atoms with E-state index in [1.165, 1.54) is 11.8 Å². The van der Waals surface area contributed by atoms with Crippen LogP contribution in [0.5, 0.6) is 5.75 Å². The van der Waals surface area contributed by atoms with Crippen molar-refractivity contribution in [3.05, 3.63) is 64.9 Å². The molecule has 168 valence electrons. The molecule has 0 spiro atoms. The van der Waals surface area contributed by atoms with Crippen molar-refractivity contribution in [1.29, 1.82) is 0 Å². The van der Waals surface area contributed by atoms with Crippen LogP contribution in [-0.4, -0.2) is 51.2 Å². The summed E-state index contributed by atoms with van der Waals surface area (Å²) in [5.74, 6) is 0.457. The minimum Gasteiger partial charge on any atom is -0.497 e. The third kappa shape index (κ3) is 5.78. The highest BCUT2D eigenvalue weighted by atomic mass is 35.5. The van der Waals surface area contributed by atoms with Gasteiger partial charge in [0.1, 0.15) is 11.8 Å². The van der Waals surface area contributed by atoms with E-state index >= 15 is 0 Å². The second-order valence-corrected chi connectivity index (χ2v) is 8.00. The SMILES string of the molecule is COc1ccc(C(=O)NC(CO)c2nnc(SCC(=O)Nc3ccccc3Cl)n2C)cc1. The Morgan fingerprint density at radius 1 is 1.19 bits per heavy atom. The molecular formula is C21H22ClN5O4S. The van der Waals surface area contributed by atoms with Crippen LogP contribution in [0, 0.1) is 0 Å². The van der Waals surface area contributed by atoms with Crippen molar-refractivity contribution in [3.63, 3.8) is 0 Å². The molecule has 0 radical (unpaired) electrons. The van der Waals surface area contributed by atoms with Crippen molar-refractivity contribution in [3.8, 4) is 5.75 Å². The summed E-state index contributed by atoms with van der Waals surface area (Å²) in [7, 11) is 3.24. The first-order valence-electron chi connectivity index (χ1n) is 9.55. The third-order valence-corrected chi connectivity index (χ3v) is 5.85. The van der Waals surface area contributed by atoms with Gasteiger partial charge in [-0.1, -0.05) is 35.5 Å². The largest absolute Gasteiger partial charge is 0.497 e. The van der Waals surface area contributed by atoms with Gasteiger partial charge < -0.3 is 25.0 Å². The predicted molar refractivity (Wildman–Crippen MR) is 122 cm³/mol. The lowest BCUT2D eigenvalue weighted by Crippen LogP contribution is -2.32. The first-order valence-corrected chi connectivity index (χ1v) is 10.9. The van der Waals surface area contributed by atoms with Crippen molar-refractivity contribution in [2.24, 2.45) is 7.05 Å². The summed E-state index contributed by atoms with van der Waals surface area (Å²) in [6, 6.07) is 12.8. The number of carbonyl (C=O) groups is 2. The van der Waals surface area contributed by atoms with Crippen LogP contribution in [0.3, 0.4) is 0 Å². The first kappa shape index (κ1) is 23.6. The number of aromatic nitrogens is 3. The fourth-order valence-corrected chi connectivity index (χ4v) is 3.71. The normalized spacial score (nSPS) is 11.6. The fourth-order valence-electron chi connectivity index (χ4n) is 2.81. The number of ether oxygens (including phenoxy) is 1. The minimum atomic E-state index is -0.770. The number of nitrogens with one attached hydrogen (secondary N) is 2. The van der Waals surface area contributed by atoms with E-state index in [0.717, 1.165) is 0 Å². The van der Waals surface area contributed by atoms with Gasteiger partial charge >= 0.3 is 0 Å². The molecule has 2 aromatic carbocycles. The topological polar surface area (TPSA) is 118 Å². The summed E-state index contributed by atoms with van der Waals surface area (Å²) in [6.45, 7) is -0.370. The lowest BCUT2D eigenvalue weighted by molar-refractivity contribution is -0.113. The van der Waals surface area contributed by atoms with Crippen LogP contribution < -0.4 is 15.4 Å². The Morgan fingerprint density at radius 3 is 2.56 bits per heavy atom. The van der Waals surface area contributed by atoms with E-state index in [4.69, 9.17) is 16.3 Å². The second kappa shape index (κ2) is 11.0. The molecule has 9 nitrogen and oxygen atoms in total. The summed E-state index contributed by atoms with van der Waals surface area (Å²) < 4.78 is 6.71. The Kier molecular flexibility index (Phi) is 8.09. The summed E-state index contributed by atoms with van der Waals surface area (Å²) in [5, 5.41) is 24.3. The molecule has 3 aromatic rings. The average molecular weight is 476 g/mol. The number of halogens is 1. The number of aliphatic hydroxyl groups is 1. The lowest BCUT2D eigenvalue weighted by atomic mass is 10.2. The molecule has 0 aliphatic carbocycles. The van der Waals surface area contributed by atoms with Gasteiger partial charge in [0.25, 0.3) is 5.91 Å². The Bertz CT molecular complexity index is 1090. The Labute approximate surface area is 194 Å². The maximum absolute atomic E-state index is 12.5. The molecule has 1 unspecified atom stereocenters. The molecule has 0 aliphatic heterocycles. The second-order valence-electron chi connectivity index (χ2n) is 6.65. The number of benzene rings is 2. The lowest BCUT2D eigenvalue weighted by Gasteiger charge is -2.16. The van der Waals surface area contributed by atoms with Gasteiger partial charge in [-0.15, -0.1) is 10.2 Å². The van der Waals surface area contributed by atoms with Crippen LogP contribution in [0.25, 0.3) is 0 Å². The number of rotatable bonds is 9. The molecule has 0 bridgehead atoms. The monoisotopic (exact) mass is 475 g/mol. The van der Waals surface area contributed by atoms with Gasteiger partial charge in [-0.05, 0) is 36.4 Å². The van der Waals surface area contributed by atoms with Crippen molar-refractivity contribution in [2.75, 3.05) is 24.8 Å². The predicted octanol–water partition coefficient (Wildman–Crippen LogP) is 2.67. The average Bonchev–Trinajstić information content (AvgIpc) is 3.17. The van der Waals surface area contributed by atoms with Crippen LogP contribution in [0.4, 0.5) is 5.69 Å². The molecule has 0 saturated heterocycles. The van der Waals surface area contributed by atoms with Crippen LogP contribution in [-0.2, 0) is 11.8 Å².